The fraction of sp³-hybridized carbons (Fsp3) is 0.900. The van der Waals surface area contributed by atoms with Gasteiger partial charge in [0.05, 0.1) is 12.2 Å². The Bertz CT molecular complexity index is 531. The van der Waals surface area contributed by atoms with E-state index in [2.05, 4.69) is 20.4 Å². The maximum absolute atomic E-state index is 11.2. The van der Waals surface area contributed by atoms with Gasteiger partial charge in [-0.2, -0.15) is 0 Å². The predicted molar refractivity (Wildman–Crippen MR) is 89.7 cm³/mol. The van der Waals surface area contributed by atoms with E-state index < -0.39 is 0 Å². The molecular formula is C20H32O3. The van der Waals surface area contributed by atoms with Crippen LogP contribution >= 0.6 is 0 Å². The molecule has 0 amide bonds. The summed E-state index contributed by atoms with van der Waals surface area (Å²) in [4.78, 5) is 0. The second-order valence-electron chi connectivity index (χ2n) is 9.73. The Kier molecular flexibility index (Phi) is 3.38. The van der Waals surface area contributed by atoms with Crippen LogP contribution in [-0.4, -0.2) is 34.1 Å². The van der Waals surface area contributed by atoms with E-state index in [0.717, 1.165) is 44.9 Å². The van der Waals surface area contributed by atoms with E-state index in [9.17, 15) is 15.3 Å². The number of hydrogen-bond donors (Lipinski definition) is 3. The molecule has 0 radical (unpaired) electrons. The first-order valence-corrected chi connectivity index (χ1v) is 9.41. The maximum atomic E-state index is 11.2. The summed E-state index contributed by atoms with van der Waals surface area (Å²) in [5, 5.41) is 32.3. The second-order valence-corrected chi connectivity index (χ2v) is 9.73. The first-order chi connectivity index (χ1) is 10.8. The van der Waals surface area contributed by atoms with Crippen molar-refractivity contribution in [3.8, 4) is 0 Å². The molecule has 3 nitrogen and oxygen atoms in total. The summed E-state index contributed by atoms with van der Waals surface area (Å²) in [7, 11) is 0. The van der Waals surface area contributed by atoms with Gasteiger partial charge in [-0.3, -0.25) is 0 Å². The number of aliphatic hydroxyl groups is 3. The van der Waals surface area contributed by atoms with Crippen molar-refractivity contribution in [3.63, 3.8) is 0 Å². The average Bonchev–Trinajstić information content (AvgIpc) is 2.74. The first-order valence-electron chi connectivity index (χ1n) is 9.41. The lowest BCUT2D eigenvalue weighted by Crippen LogP contribution is -2.65. The van der Waals surface area contributed by atoms with Crippen LogP contribution in [0.1, 0.15) is 58.8 Å². The highest BCUT2D eigenvalue weighted by molar-refractivity contribution is 5.26. The zero-order chi connectivity index (χ0) is 16.6. The summed E-state index contributed by atoms with van der Waals surface area (Å²) >= 11 is 0. The van der Waals surface area contributed by atoms with Crippen molar-refractivity contribution in [3.05, 3.63) is 12.2 Å². The fourth-order valence-corrected chi connectivity index (χ4v) is 7.69. The number of allylic oxidation sites excluding steroid dienone is 1. The standard InChI is InChI=1S/C20H32O3/c1-12-9-20-10-13(12)7-14(22)17(20)19(3)6-4-5-18(2,11-21)15(19)8-16(20)23/h13-17,21-23H,1,4-11H2,2-3H3/t13-,14-,15-,16+,17+,18-,19-,20-/m1/s1. The van der Waals surface area contributed by atoms with Gasteiger partial charge in [0.25, 0.3) is 0 Å². The molecule has 4 saturated carbocycles. The lowest BCUT2D eigenvalue weighted by atomic mass is 9.40. The highest BCUT2D eigenvalue weighted by Gasteiger charge is 2.69. The third-order valence-electron chi connectivity index (χ3n) is 8.59. The van der Waals surface area contributed by atoms with Crippen molar-refractivity contribution in [1.82, 2.24) is 0 Å². The van der Waals surface area contributed by atoms with Crippen molar-refractivity contribution in [1.29, 1.82) is 0 Å². The summed E-state index contributed by atoms with van der Waals surface area (Å²) in [5.41, 5.74) is 0.970. The molecule has 8 atom stereocenters. The highest BCUT2D eigenvalue weighted by atomic mass is 16.3. The monoisotopic (exact) mass is 320 g/mol. The van der Waals surface area contributed by atoms with Crippen LogP contribution in [0.3, 0.4) is 0 Å². The van der Waals surface area contributed by atoms with E-state index in [4.69, 9.17) is 0 Å². The number of aliphatic hydroxyl groups excluding tert-OH is 3. The van der Waals surface area contributed by atoms with Crippen molar-refractivity contribution in [2.45, 2.75) is 71.0 Å². The Balaban J connectivity index is 1.82. The van der Waals surface area contributed by atoms with Gasteiger partial charge in [0, 0.05) is 12.0 Å². The molecule has 3 heteroatoms. The molecule has 0 aromatic heterocycles. The smallest absolute Gasteiger partial charge is 0.0606 e. The quantitative estimate of drug-likeness (QED) is 0.651. The number of rotatable bonds is 1. The van der Waals surface area contributed by atoms with E-state index in [0.29, 0.717) is 11.8 Å². The predicted octanol–water partition coefficient (Wildman–Crippen LogP) is 2.89. The second kappa shape index (κ2) is 4.83. The van der Waals surface area contributed by atoms with Gasteiger partial charge in [0.1, 0.15) is 0 Å². The molecule has 23 heavy (non-hydrogen) atoms. The van der Waals surface area contributed by atoms with Crippen LogP contribution in [0, 0.1) is 34.0 Å². The summed E-state index contributed by atoms with van der Waals surface area (Å²) in [6.07, 6.45) is 6.03. The molecule has 1 spiro atoms. The lowest BCUT2D eigenvalue weighted by Gasteiger charge is -2.66. The molecule has 0 aliphatic heterocycles. The maximum Gasteiger partial charge on any atom is 0.0606 e. The molecule has 0 saturated heterocycles. The SMILES string of the molecule is C=C1C[C@]23C[C@H]1C[C@@H](O)[C@H]2[C@]1(C)CCC[C@](C)(CO)[C@H]1C[C@@H]3O. The largest absolute Gasteiger partial charge is 0.396 e. The average molecular weight is 320 g/mol. The Hall–Kier alpha value is -0.380. The van der Waals surface area contributed by atoms with Crippen LogP contribution in [0.15, 0.2) is 12.2 Å². The lowest BCUT2D eigenvalue weighted by molar-refractivity contribution is -0.233. The molecule has 4 rings (SSSR count). The molecule has 0 aromatic rings. The van der Waals surface area contributed by atoms with Gasteiger partial charge in [0.2, 0.25) is 0 Å². The third-order valence-corrected chi connectivity index (χ3v) is 8.59. The van der Waals surface area contributed by atoms with Crippen LogP contribution < -0.4 is 0 Å². The van der Waals surface area contributed by atoms with Crippen LogP contribution in [0.4, 0.5) is 0 Å². The summed E-state index contributed by atoms with van der Waals surface area (Å²) in [5.74, 6) is 0.828. The number of hydrogen-bond acceptors (Lipinski definition) is 3. The zero-order valence-electron chi connectivity index (χ0n) is 14.6. The van der Waals surface area contributed by atoms with Gasteiger partial charge in [-0.1, -0.05) is 32.4 Å². The van der Waals surface area contributed by atoms with Crippen LogP contribution in [0.2, 0.25) is 0 Å². The number of fused-ring (bicyclic) bond motifs is 3. The van der Waals surface area contributed by atoms with Crippen molar-refractivity contribution < 1.29 is 15.3 Å². The summed E-state index contributed by atoms with van der Waals surface area (Å²) in [6, 6.07) is 0. The van der Waals surface area contributed by atoms with Gasteiger partial charge in [0.15, 0.2) is 0 Å². The van der Waals surface area contributed by atoms with Crippen molar-refractivity contribution >= 4 is 0 Å². The summed E-state index contributed by atoms with van der Waals surface area (Å²) in [6.45, 7) is 8.97. The van der Waals surface area contributed by atoms with E-state index in [1.165, 1.54) is 5.57 Å². The van der Waals surface area contributed by atoms with E-state index >= 15 is 0 Å². The molecule has 4 aliphatic rings. The van der Waals surface area contributed by atoms with Crippen molar-refractivity contribution in [2.24, 2.45) is 34.0 Å². The molecule has 130 valence electrons. The van der Waals surface area contributed by atoms with E-state index in [1.807, 2.05) is 0 Å². The fourth-order valence-electron chi connectivity index (χ4n) is 7.69. The highest BCUT2D eigenvalue weighted by Crippen LogP contribution is 2.71. The van der Waals surface area contributed by atoms with Gasteiger partial charge < -0.3 is 15.3 Å². The minimum atomic E-state index is -0.369. The Labute approximate surface area is 139 Å². The van der Waals surface area contributed by atoms with Crippen molar-refractivity contribution in [2.75, 3.05) is 6.61 Å². The molecule has 0 heterocycles. The van der Waals surface area contributed by atoms with Crippen LogP contribution in [0.5, 0.6) is 0 Å². The van der Waals surface area contributed by atoms with E-state index in [1.54, 1.807) is 0 Å². The first kappa shape index (κ1) is 16.1. The molecule has 3 N–H and O–H groups in total. The van der Waals surface area contributed by atoms with Crippen LogP contribution in [-0.2, 0) is 0 Å². The minimum absolute atomic E-state index is 0.0178. The molecule has 0 aromatic carbocycles. The molecule has 2 bridgehead atoms. The Morgan fingerprint density at radius 1 is 1.17 bits per heavy atom. The van der Waals surface area contributed by atoms with Gasteiger partial charge in [-0.25, -0.2) is 0 Å². The Morgan fingerprint density at radius 2 is 1.91 bits per heavy atom. The van der Waals surface area contributed by atoms with Gasteiger partial charge in [-0.15, -0.1) is 0 Å². The molecule has 4 aliphatic carbocycles. The van der Waals surface area contributed by atoms with Crippen LogP contribution in [0.25, 0.3) is 0 Å². The molecule has 4 fully saturated rings. The topological polar surface area (TPSA) is 60.7 Å². The zero-order valence-corrected chi connectivity index (χ0v) is 14.6. The Morgan fingerprint density at radius 3 is 2.61 bits per heavy atom. The van der Waals surface area contributed by atoms with E-state index in [-0.39, 0.29) is 41.0 Å². The minimum Gasteiger partial charge on any atom is -0.396 e. The van der Waals surface area contributed by atoms with Gasteiger partial charge >= 0.3 is 0 Å². The summed E-state index contributed by atoms with van der Waals surface area (Å²) < 4.78 is 0. The molecule has 0 unspecified atom stereocenters. The normalized spacial score (nSPS) is 58.7. The van der Waals surface area contributed by atoms with Gasteiger partial charge in [-0.05, 0) is 67.1 Å². The third kappa shape index (κ3) is 1.88. The molecular weight excluding hydrogens is 288 g/mol.